The first-order chi connectivity index (χ1) is 9.74. The van der Waals surface area contributed by atoms with E-state index < -0.39 is 0 Å². The van der Waals surface area contributed by atoms with Gasteiger partial charge < -0.3 is 5.11 Å². The predicted molar refractivity (Wildman–Crippen MR) is 79.4 cm³/mol. The Morgan fingerprint density at radius 3 is 2.55 bits per heavy atom. The number of aliphatic hydroxyl groups is 1. The Morgan fingerprint density at radius 1 is 1.05 bits per heavy atom. The molecule has 1 aromatic carbocycles. The molecule has 1 saturated carbocycles. The van der Waals surface area contributed by atoms with Gasteiger partial charge in [0.1, 0.15) is 5.82 Å². The van der Waals surface area contributed by atoms with Crippen molar-refractivity contribution in [1.29, 1.82) is 0 Å². The van der Waals surface area contributed by atoms with Crippen molar-refractivity contribution in [2.24, 2.45) is 0 Å². The van der Waals surface area contributed by atoms with Crippen LogP contribution in [0.2, 0.25) is 0 Å². The van der Waals surface area contributed by atoms with Crippen molar-refractivity contribution in [2.45, 2.75) is 44.6 Å². The third kappa shape index (κ3) is 2.73. The Labute approximate surface area is 119 Å². The molecule has 3 rings (SSSR count). The molecule has 0 unspecified atom stereocenters. The number of aromatic nitrogens is 2. The van der Waals surface area contributed by atoms with Crippen LogP contribution in [0, 0.1) is 6.92 Å². The van der Waals surface area contributed by atoms with Gasteiger partial charge in [-0.05, 0) is 44.2 Å². The van der Waals surface area contributed by atoms with Gasteiger partial charge in [0, 0.05) is 17.7 Å². The summed E-state index contributed by atoms with van der Waals surface area (Å²) in [4.78, 5) is 9.21. The van der Waals surface area contributed by atoms with E-state index in [4.69, 9.17) is 4.98 Å². The van der Waals surface area contributed by atoms with Gasteiger partial charge in [-0.3, -0.25) is 0 Å². The van der Waals surface area contributed by atoms with Crippen LogP contribution in [-0.4, -0.2) is 21.2 Å². The Balaban J connectivity index is 1.88. The van der Waals surface area contributed by atoms with Gasteiger partial charge in [0.15, 0.2) is 0 Å². The minimum absolute atomic E-state index is 0.134. The number of benzene rings is 1. The van der Waals surface area contributed by atoms with Gasteiger partial charge in [-0.15, -0.1) is 0 Å². The Kier molecular flexibility index (Phi) is 3.79. The topological polar surface area (TPSA) is 46.0 Å². The highest BCUT2D eigenvalue weighted by Crippen LogP contribution is 2.32. The highest BCUT2D eigenvalue weighted by atomic mass is 16.3. The summed E-state index contributed by atoms with van der Waals surface area (Å²) in [6, 6.07) is 10.3. The third-order valence-electron chi connectivity index (χ3n) is 4.16. The van der Waals surface area contributed by atoms with E-state index in [1.807, 2.05) is 24.4 Å². The van der Waals surface area contributed by atoms with Gasteiger partial charge >= 0.3 is 0 Å². The quantitative estimate of drug-likeness (QED) is 0.907. The summed E-state index contributed by atoms with van der Waals surface area (Å²) in [5.74, 6) is 1.32. The Bertz CT molecular complexity index is 589. The van der Waals surface area contributed by atoms with Crippen LogP contribution < -0.4 is 0 Å². The molecule has 0 saturated heterocycles. The average molecular weight is 268 g/mol. The number of nitrogens with zero attached hydrogens (tertiary/aromatic N) is 2. The van der Waals surface area contributed by atoms with Crippen molar-refractivity contribution in [3.05, 3.63) is 47.9 Å². The van der Waals surface area contributed by atoms with E-state index in [-0.39, 0.29) is 6.10 Å². The molecule has 104 valence electrons. The maximum atomic E-state index is 9.60. The van der Waals surface area contributed by atoms with Crippen molar-refractivity contribution in [1.82, 2.24) is 9.97 Å². The fourth-order valence-corrected chi connectivity index (χ4v) is 2.91. The molecule has 1 aliphatic rings. The van der Waals surface area contributed by atoms with E-state index in [1.54, 1.807) is 0 Å². The summed E-state index contributed by atoms with van der Waals surface area (Å²) in [7, 11) is 0. The molecule has 0 amide bonds. The van der Waals surface area contributed by atoms with Gasteiger partial charge in [0.05, 0.1) is 11.8 Å². The second kappa shape index (κ2) is 5.71. The molecule has 3 nitrogen and oxygen atoms in total. The zero-order valence-corrected chi connectivity index (χ0v) is 11.8. The average Bonchev–Trinajstić information content (AvgIpc) is 2.49. The third-order valence-corrected chi connectivity index (χ3v) is 4.16. The molecule has 0 spiro atoms. The molecule has 0 atom stereocenters. The lowest BCUT2D eigenvalue weighted by Gasteiger charge is -2.24. The normalized spacial score (nSPS) is 22.7. The summed E-state index contributed by atoms with van der Waals surface area (Å²) in [6.45, 7) is 2.11. The monoisotopic (exact) mass is 268 g/mol. The Morgan fingerprint density at radius 2 is 1.80 bits per heavy atom. The smallest absolute Gasteiger partial charge is 0.132 e. The van der Waals surface area contributed by atoms with Crippen LogP contribution in [0.1, 0.15) is 43.0 Å². The molecule has 0 radical (unpaired) electrons. The minimum Gasteiger partial charge on any atom is -0.393 e. The lowest BCUT2D eigenvalue weighted by molar-refractivity contribution is 0.121. The zero-order chi connectivity index (χ0) is 13.9. The lowest BCUT2D eigenvalue weighted by Crippen LogP contribution is -2.18. The minimum atomic E-state index is -0.134. The molecule has 1 fully saturated rings. The summed E-state index contributed by atoms with van der Waals surface area (Å²) in [5.41, 5.74) is 3.41. The predicted octanol–water partition coefficient (Wildman–Crippen LogP) is 3.47. The van der Waals surface area contributed by atoms with Gasteiger partial charge in [-0.1, -0.05) is 24.3 Å². The van der Waals surface area contributed by atoms with E-state index in [0.717, 1.165) is 37.2 Å². The van der Waals surface area contributed by atoms with E-state index >= 15 is 0 Å². The van der Waals surface area contributed by atoms with Crippen LogP contribution in [0.25, 0.3) is 11.3 Å². The maximum Gasteiger partial charge on any atom is 0.132 e. The molecule has 0 aliphatic heterocycles. The molecule has 1 N–H and O–H groups in total. The zero-order valence-electron chi connectivity index (χ0n) is 11.8. The van der Waals surface area contributed by atoms with Crippen LogP contribution in [0.4, 0.5) is 0 Å². The number of aryl methyl sites for hydroxylation is 1. The molecular formula is C17H20N2O. The van der Waals surface area contributed by atoms with E-state index in [2.05, 4.69) is 24.0 Å². The van der Waals surface area contributed by atoms with Gasteiger partial charge in [0.25, 0.3) is 0 Å². The standard InChI is InChI=1S/C17H20N2O/c1-12-4-2-3-5-15(12)16-10-11-18-17(19-16)13-6-8-14(20)9-7-13/h2-5,10-11,13-14,20H,6-9H2,1H3. The van der Waals surface area contributed by atoms with E-state index in [1.165, 1.54) is 11.1 Å². The first-order valence-corrected chi connectivity index (χ1v) is 7.31. The Hall–Kier alpha value is -1.74. The van der Waals surface area contributed by atoms with E-state index in [0.29, 0.717) is 5.92 Å². The maximum absolute atomic E-state index is 9.60. The van der Waals surface area contributed by atoms with Crippen molar-refractivity contribution >= 4 is 0 Å². The van der Waals surface area contributed by atoms with Gasteiger partial charge in [-0.2, -0.15) is 0 Å². The van der Waals surface area contributed by atoms with Crippen LogP contribution in [-0.2, 0) is 0 Å². The number of hydrogen-bond donors (Lipinski definition) is 1. The molecule has 1 heterocycles. The lowest BCUT2D eigenvalue weighted by atomic mass is 9.87. The molecular weight excluding hydrogens is 248 g/mol. The molecule has 0 bridgehead atoms. The first kappa shape index (κ1) is 13.3. The molecule has 1 aliphatic carbocycles. The summed E-state index contributed by atoms with van der Waals surface area (Å²) >= 11 is 0. The van der Waals surface area contributed by atoms with Crippen molar-refractivity contribution < 1.29 is 5.11 Å². The SMILES string of the molecule is Cc1ccccc1-c1ccnc(C2CCC(O)CC2)n1. The summed E-state index contributed by atoms with van der Waals surface area (Å²) in [5, 5.41) is 9.60. The van der Waals surface area contributed by atoms with Crippen LogP contribution in [0.3, 0.4) is 0 Å². The molecule has 2 aromatic rings. The summed E-state index contributed by atoms with van der Waals surface area (Å²) in [6.07, 6.45) is 5.42. The fraction of sp³-hybridized carbons (Fsp3) is 0.412. The van der Waals surface area contributed by atoms with Gasteiger partial charge in [0.2, 0.25) is 0 Å². The fourth-order valence-electron chi connectivity index (χ4n) is 2.91. The van der Waals surface area contributed by atoms with Crippen LogP contribution >= 0.6 is 0 Å². The first-order valence-electron chi connectivity index (χ1n) is 7.31. The second-order valence-electron chi connectivity index (χ2n) is 5.62. The molecule has 1 aromatic heterocycles. The second-order valence-corrected chi connectivity index (χ2v) is 5.62. The largest absolute Gasteiger partial charge is 0.393 e. The van der Waals surface area contributed by atoms with Crippen molar-refractivity contribution in [3.63, 3.8) is 0 Å². The van der Waals surface area contributed by atoms with Gasteiger partial charge in [-0.25, -0.2) is 9.97 Å². The number of rotatable bonds is 2. The van der Waals surface area contributed by atoms with Crippen LogP contribution in [0.15, 0.2) is 36.5 Å². The number of hydrogen-bond acceptors (Lipinski definition) is 3. The van der Waals surface area contributed by atoms with E-state index in [9.17, 15) is 5.11 Å². The highest BCUT2D eigenvalue weighted by Gasteiger charge is 2.23. The number of aliphatic hydroxyl groups excluding tert-OH is 1. The van der Waals surface area contributed by atoms with Crippen LogP contribution in [0.5, 0.6) is 0 Å². The van der Waals surface area contributed by atoms with Crippen molar-refractivity contribution in [3.8, 4) is 11.3 Å². The summed E-state index contributed by atoms with van der Waals surface area (Å²) < 4.78 is 0. The molecule has 3 heteroatoms. The van der Waals surface area contributed by atoms with Crippen molar-refractivity contribution in [2.75, 3.05) is 0 Å². The highest BCUT2D eigenvalue weighted by molar-refractivity contribution is 5.62. The molecule has 20 heavy (non-hydrogen) atoms.